The fourth-order valence-electron chi connectivity index (χ4n) is 2.23. The SMILES string of the molecule is Cc1nc2ccccc2n1Cc1cccc(O)c1. The van der Waals surface area contributed by atoms with Crippen molar-refractivity contribution < 1.29 is 5.11 Å². The Balaban J connectivity index is 2.07. The molecule has 0 fully saturated rings. The predicted molar refractivity (Wildman–Crippen MR) is 71.7 cm³/mol. The van der Waals surface area contributed by atoms with Gasteiger partial charge in [0.25, 0.3) is 0 Å². The van der Waals surface area contributed by atoms with Crippen LogP contribution in [-0.4, -0.2) is 14.7 Å². The average molecular weight is 238 g/mol. The largest absolute Gasteiger partial charge is 0.508 e. The predicted octanol–water partition coefficient (Wildman–Crippen LogP) is 3.10. The standard InChI is InChI=1S/C15H14N2O/c1-11-16-14-7-2-3-8-15(14)17(11)10-12-5-4-6-13(18)9-12/h2-9,18H,10H2,1H3. The van der Waals surface area contributed by atoms with E-state index >= 15 is 0 Å². The lowest BCUT2D eigenvalue weighted by atomic mass is 10.2. The molecule has 0 spiro atoms. The molecule has 0 bridgehead atoms. The van der Waals surface area contributed by atoms with Crippen molar-refractivity contribution in [2.24, 2.45) is 0 Å². The van der Waals surface area contributed by atoms with Crippen LogP contribution in [0.1, 0.15) is 11.4 Å². The van der Waals surface area contributed by atoms with Gasteiger partial charge in [0.2, 0.25) is 0 Å². The molecule has 1 N–H and O–H groups in total. The number of rotatable bonds is 2. The Morgan fingerprint density at radius 2 is 1.94 bits per heavy atom. The summed E-state index contributed by atoms with van der Waals surface area (Å²) < 4.78 is 2.16. The van der Waals surface area contributed by atoms with Crippen molar-refractivity contribution >= 4 is 11.0 Å². The molecule has 1 aromatic heterocycles. The Labute approximate surface area is 105 Å². The number of aromatic nitrogens is 2. The van der Waals surface area contributed by atoms with Crippen LogP contribution in [0, 0.1) is 6.92 Å². The van der Waals surface area contributed by atoms with Crippen LogP contribution in [0.15, 0.2) is 48.5 Å². The van der Waals surface area contributed by atoms with Crippen molar-refractivity contribution in [1.29, 1.82) is 0 Å². The smallest absolute Gasteiger partial charge is 0.115 e. The summed E-state index contributed by atoms with van der Waals surface area (Å²) in [6.45, 7) is 2.73. The summed E-state index contributed by atoms with van der Waals surface area (Å²) in [5.41, 5.74) is 3.20. The molecule has 90 valence electrons. The van der Waals surface area contributed by atoms with Gasteiger partial charge in [0.05, 0.1) is 11.0 Å². The summed E-state index contributed by atoms with van der Waals surface area (Å²) in [7, 11) is 0. The third-order valence-electron chi connectivity index (χ3n) is 3.10. The van der Waals surface area contributed by atoms with Gasteiger partial charge in [-0.05, 0) is 36.8 Å². The quantitative estimate of drug-likeness (QED) is 0.745. The van der Waals surface area contributed by atoms with E-state index in [1.807, 2.05) is 37.3 Å². The molecule has 18 heavy (non-hydrogen) atoms. The maximum atomic E-state index is 9.50. The van der Waals surface area contributed by atoms with Gasteiger partial charge in [-0.1, -0.05) is 24.3 Å². The van der Waals surface area contributed by atoms with Gasteiger partial charge in [-0.25, -0.2) is 4.98 Å². The number of hydrogen-bond acceptors (Lipinski definition) is 2. The minimum absolute atomic E-state index is 0.301. The number of benzene rings is 2. The van der Waals surface area contributed by atoms with E-state index < -0.39 is 0 Å². The van der Waals surface area contributed by atoms with Crippen LogP contribution in [0.25, 0.3) is 11.0 Å². The molecule has 0 aliphatic heterocycles. The number of hydrogen-bond donors (Lipinski definition) is 1. The number of imidazole rings is 1. The van der Waals surface area contributed by atoms with Gasteiger partial charge in [-0.2, -0.15) is 0 Å². The number of para-hydroxylation sites is 2. The van der Waals surface area contributed by atoms with Crippen molar-refractivity contribution in [3.63, 3.8) is 0 Å². The Kier molecular flexibility index (Phi) is 2.52. The van der Waals surface area contributed by atoms with Crippen molar-refractivity contribution in [3.05, 3.63) is 59.9 Å². The molecule has 0 saturated heterocycles. The molecule has 3 nitrogen and oxygen atoms in total. The first-order chi connectivity index (χ1) is 8.74. The molecule has 0 unspecified atom stereocenters. The van der Waals surface area contributed by atoms with Gasteiger partial charge < -0.3 is 9.67 Å². The van der Waals surface area contributed by atoms with E-state index in [-0.39, 0.29) is 0 Å². The van der Waals surface area contributed by atoms with Gasteiger partial charge in [-0.15, -0.1) is 0 Å². The first-order valence-corrected chi connectivity index (χ1v) is 5.94. The summed E-state index contributed by atoms with van der Waals surface area (Å²) in [5.74, 6) is 1.29. The molecular weight excluding hydrogens is 224 g/mol. The second-order valence-electron chi connectivity index (χ2n) is 4.40. The molecule has 0 aliphatic carbocycles. The Morgan fingerprint density at radius 3 is 2.78 bits per heavy atom. The molecule has 0 radical (unpaired) electrons. The monoisotopic (exact) mass is 238 g/mol. The highest BCUT2D eigenvalue weighted by atomic mass is 16.3. The van der Waals surface area contributed by atoms with Crippen LogP contribution in [0.3, 0.4) is 0 Å². The van der Waals surface area contributed by atoms with Crippen molar-refractivity contribution in [3.8, 4) is 5.75 Å². The van der Waals surface area contributed by atoms with E-state index in [1.165, 1.54) is 0 Å². The highest BCUT2D eigenvalue weighted by Crippen LogP contribution is 2.19. The Morgan fingerprint density at radius 1 is 1.11 bits per heavy atom. The first-order valence-electron chi connectivity index (χ1n) is 5.94. The molecular formula is C15H14N2O. The van der Waals surface area contributed by atoms with Crippen LogP contribution in [0.5, 0.6) is 5.75 Å². The van der Waals surface area contributed by atoms with E-state index in [9.17, 15) is 5.11 Å². The van der Waals surface area contributed by atoms with Crippen LogP contribution in [0.2, 0.25) is 0 Å². The van der Waals surface area contributed by atoms with Crippen LogP contribution in [-0.2, 0) is 6.54 Å². The zero-order valence-electron chi connectivity index (χ0n) is 10.2. The number of aryl methyl sites for hydroxylation is 1. The molecule has 1 heterocycles. The van der Waals surface area contributed by atoms with Gasteiger partial charge in [0.1, 0.15) is 11.6 Å². The van der Waals surface area contributed by atoms with Crippen molar-refractivity contribution in [2.75, 3.05) is 0 Å². The number of phenolic OH excluding ortho intramolecular Hbond substituents is 1. The van der Waals surface area contributed by atoms with Crippen LogP contribution >= 0.6 is 0 Å². The number of fused-ring (bicyclic) bond motifs is 1. The molecule has 0 aliphatic rings. The van der Waals surface area contributed by atoms with Crippen molar-refractivity contribution in [1.82, 2.24) is 9.55 Å². The van der Waals surface area contributed by atoms with Gasteiger partial charge in [0.15, 0.2) is 0 Å². The molecule has 3 rings (SSSR count). The van der Waals surface area contributed by atoms with Crippen molar-refractivity contribution in [2.45, 2.75) is 13.5 Å². The van der Waals surface area contributed by atoms with E-state index in [4.69, 9.17) is 0 Å². The van der Waals surface area contributed by atoms with E-state index in [2.05, 4.69) is 15.6 Å². The van der Waals surface area contributed by atoms with Gasteiger partial charge in [0, 0.05) is 6.54 Å². The average Bonchev–Trinajstić information content (AvgIpc) is 2.66. The number of nitrogens with zero attached hydrogens (tertiary/aromatic N) is 2. The summed E-state index contributed by atoms with van der Waals surface area (Å²) >= 11 is 0. The lowest BCUT2D eigenvalue weighted by Crippen LogP contribution is -2.01. The maximum absolute atomic E-state index is 9.50. The highest BCUT2D eigenvalue weighted by Gasteiger charge is 2.07. The fraction of sp³-hybridized carbons (Fsp3) is 0.133. The van der Waals surface area contributed by atoms with Crippen LogP contribution in [0.4, 0.5) is 0 Å². The van der Waals surface area contributed by atoms with E-state index in [0.717, 1.165) is 29.0 Å². The third-order valence-corrected chi connectivity index (χ3v) is 3.10. The zero-order valence-corrected chi connectivity index (χ0v) is 10.2. The summed E-state index contributed by atoms with van der Waals surface area (Å²) in [6.07, 6.45) is 0. The molecule has 3 aromatic rings. The van der Waals surface area contributed by atoms with Crippen LogP contribution < -0.4 is 0 Å². The Bertz CT molecular complexity index is 701. The topological polar surface area (TPSA) is 38.0 Å². The summed E-state index contributed by atoms with van der Waals surface area (Å²) in [4.78, 5) is 4.53. The molecule has 2 aromatic carbocycles. The molecule has 3 heteroatoms. The fourth-order valence-corrected chi connectivity index (χ4v) is 2.23. The second-order valence-corrected chi connectivity index (χ2v) is 4.40. The van der Waals surface area contributed by atoms with E-state index in [0.29, 0.717) is 5.75 Å². The minimum atomic E-state index is 0.301. The van der Waals surface area contributed by atoms with Gasteiger partial charge in [-0.3, -0.25) is 0 Å². The molecule has 0 atom stereocenters. The Hall–Kier alpha value is -2.29. The maximum Gasteiger partial charge on any atom is 0.115 e. The van der Waals surface area contributed by atoms with Gasteiger partial charge >= 0.3 is 0 Å². The van der Waals surface area contributed by atoms with E-state index in [1.54, 1.807) is 12.1 Å². The summed E-state index contributed by atoms with van der Waals surface area (Å²) in [5, 5.41) is 9.50. The normalized spacial score (nSPS) is 10.9. The highest BCUT2D eigenvalue weighted by molar-refractivity contribution is 5.75. The summed E-state index contributed by atoms with van der Waals surface area (Å²) in [6, 6.07) is 15.4. The molecule has 0 saturated carbocycles. The minimum Gasteiger partial charge on any atom is -0.508 e. The third kappa shape index (κ3) is 1.84. The lowest BCUT2D eigenvalue weighted by molar-refractivity contribution is 0.474. The second kappa shape index (κ2) is 4.18. The first kappa shape index (κ1) is 10.8. The lowest BCUT2D eigenvalue weighted by Gasteiger charge is -2.07. The number of aromatic hydroxyl groups is 1. The zero-order chi connectivity index (χ0) is 12.5. The number of phenols is 1. The molecule has 0 amide bonds.